The quantitative estimate of drug-likeness (QED) is 0.781. The Morgan fingerprint density at radius 3 is 3.06 bits per heavy atom. The minimum atomic E-state index is -0.159. The maximum atomic E-state index is 9.99. The van der Waals surface area contributed by atoms with Crippen molar-refractivity contribution in [3.8, 4) is 5.75 Å². The van der Waals surface area contributed by atoms with E-state index in [9.17, 15) is 5.11 Å². The minimum Gasteiger partial charge on any atom is -0.506 e. The van der Waals surface area contributed by atoms with E-state index in [4.69, 9.17) is 4.74 Å². The van der Waals surface area contributed by atoms with Crippen molar-refractivity contribution in [2.45, 2.75) is 6.10 Å². The number of ether oxygens (including phenoxy) is 1. The maximum absolute atomic E-state index is 9.99. The summed E-state index contributed by atoms with van der Waals surface area (Å²) in [6.45, 7) is 2.20. The summed E-state index contributed by atoms with van der Waals surface area (Å²) in [5, 5.41) is 14.2. The van der Waals surface area contributed by atoms with Crippen molar-refractivity contribution in [2.75, 3.05) is 19.7 Å². The van der Waals surface area contributed by atoms with Crippen molar-refractivity contribution < 1.29 is 9.84 Å². The van der Waals surface area contributed by atoms with Crippen molar-refractivity contribution in [3.05, 3.63) is 36.0 Å². The summed E-state index contributed by atoms with van der Waals surface area (Å²) in [4.78, 5) is 4.48. The van der Waals surface area contributed by atoms with Gasteiger partial charge in [0.25, 0.3) is 0 Å². The van der Waals surface area contributed by atoms with E-state index in [1.807, 2.05) is 24.3 Å². The van der Waals surface area contributed by atoms with Gasteiger partial charge in [-0.2, -0.15) is 0 Å². The molecule has 1 unspecified atom stereocenters. The first-order valence-corrected chi connectivity index (χ1v) is 5.75. The molecule has 1 fully saturated rings. The van der Waals surface area contributed by atoms with Crippen molar-refractivity contribution in [1.82, 2.24) is 10.3 Å². The Kier molecular flexibility index (Phi) is 2.66. The zero-order valence-electron chi connectivity index (χ0n) is 9.39. The van der Waals surface area contributed by atoms with Gasteiger partial charge in [-0.05, 0) is 12.1 Å². The number of benzene rings is 1. The molecule has 0 saturated carbocycles. The largest absolute Gasteiger partial charge is 0.506 e. The summed E-state index contributed by atoms with van der Waals surface area (Å²) in [7, 11) is 0. The molecule has 1 aliphatic heterocycles. The second kappa shape index (κ2) is 4.31. The Balaban J connectivity index is 2.06. The number of hydrogen-bond donors (Lipinski definition) is 2. The zero-order valence-corrected chi connectivity index (χ0v) is 9.39. The molecule has 1 atom stereocenters. The Labute approximate surface area is 99.2 Å². The van der Waals surface area contributed by atoms with Gasteiger partial charge < -0.3 is 15.2 Å². The van der Waals surface area contributed by atoms with Crippen LogP contribution in [0.15, 0.2) is 30.3 Å². The van der Waals surface area contributed by atoms with Crippen LogP contribution < -0.4 is 5.32 Å². The molecule has 0 amide bonds. The fourth-order valence-electron chi connectivity index (χ4n) is 2.10. The van der Waals surface area contributed by atoms with E-state index in [2.05, 4.69) is 10.3 Å². The van der Waals surface area contributed by atoms with Crippen LogP contribution in [0.4, 0.5) is 0 Å². The SMILES string of the molecule is Oc1cc2ccccc2nc1C1CNCCO1. The molecule has 1 aromatic carbocycles. The second-order valence-electron chi connectivity index (χ2n) is 4.15. The zero-order chi connectivity index (χ0) is 11.7. The highest BCUT2D eigenvalue weighted by molar-refractivity contribution is 5.80. The number of hydrogen-bond acceptors (Lipinski definition) is 4. The van der Waals surface area contributed by atoms with E-state index in [0.717, 1.165) is 17.4 Å². The van der Waals surface area contributed by atoms with Crippen LogP contribution in [-0.4, -0.2) is 29.8 Å². The van der Waals surface area contributed by atoms with Gasteiger partial charge in [0.1, 0.15) is 17.5 Å². The number of nitrogens with zero attached hydrogens (tertiary/aromatic N) is 1. The van der Waals surface area contributed by atoms with E-state index in [0.29, 0.717) is 18.8 Å². The molecule has 1 aromatic heterocycles. The van der Waals surface area contributed by atoms with Crippen molar-refractivity contribution in [2.24, 2.45) is 0 Å². The van der Waals surface area contributed by atoms with Crippen LogP contribution >= 0.6 is 0 Å². The average Bonchev–Trinajstić information content (AvgIpc) is 2.39. The highest BCUT2D eigenvalue weighted by Gasteiger charge is 2.20. The van der Waals surface area contributed by atoms with E-state index in [1.165, 1.54) is 0 Å². The predicted octanol–water partition coefficient (Wildman–Crippen LogP) is 1.60. The lowest BCUT2D eigenvalue weighted by Gasteiger charge is -2.23. The van der Waals surface area contributed by atoms with Crippen LogP contribution in [0.1, 0.15) is 11.8 Å². The van der Waals surface area contributed by atoms with Crippen molar-refractivity contribution in [1.29, 1.82) is 0 Å². The van der Waals surface area contributed by atoms with Gasteiger partial charge in [-0.1, -0.05) is 18.2 Å². The number of aromatic hydroxyl groups is 1. The van der Waals surface area contributed by atoms with E-state index < -0.39 is 0 Å². The Morgan fingerprint density at radius 2 is 2.24 bits per heavy atom. The number of morpholine rings is 1. The molecule has 88 valence electrons. The highest BCUT2D eigenvalue weighted by Crippen LogP contribution is 2.28. The topological polar surface area (TPSA) is 54.4 Å². The molecular formula is C13H14N2O2. The first-order valence-electron chi connectivity index (χ1n) is 5.75. The van der Waals surface area contributed by atoms with Crippen LogP contribution in [-0.2, 0) is 4.74 Å². The molecule has 0 spiro atoms. The minimum absolute atomic E-state index is 0.159. The number of nitrogens with one attached hydrogen (secondary N) is 1. The number of fused-ring (bicyclic) bond motifs is 1. The van der Waals surface area contributed by atoms with Crippen molar-refractivity contribution in [3.63, 3.8) is 0 Å². The van der Waals surface area contributed by atoms with Crippen LogP contribution in [0.25, 0.3) is 10.9 Å². The number of aromatic nitrogens is 1. The molecular weight excluding hydrogens is 216 g/mol. The normalized spacial score (nSPS) is 20.6. The summed E-state index contributed by atoms with van der Waals surface area (Å²) >= 11 is 0. The smallest absolute Gasteiger partial charge is 0.140 e. The third-order valence-electron chi connectivity index (χ3n) is 2.96. The monoisotopic (exact) mass is 230 g/mol. The highest BCUT2D eigenvalue weighted by atomic mass is 16.5. The van der Waals surface area contributed by atoms with Gasteiger partial charge in [0.2, 0.25) is 0 Å². The molecule has 3 rings (SSSR count). The lowest BCUT2D eigenvalue weighted by Crippen LogP contribution is -2.33. The average molecular weight is 230 g/mol. The molecule has 0 aliphatic carbocycles. The summed E-state index contributed by atoms with van der Waals surface area (Å²) in [5.74, 6) is 0.206. The summed E-state index contributed by atoms with van der Waals surface area (Å²) < 4.78 is 5.61. The summed E-state index contributed by atoms with van der Waals surface area (Å²) in [6.07, 6.45) is -0.159. The van der Waals surface area contributed by atoms with Crippen LogP contribution in [0.2, 0.25) is 0 Å². The summed E-state index contributed by atoms with van der Waals surface area (Å²) in [5.41, 5.74) is 1.50. The third kappa shape index (κ3) is 1.97. The number of para-hydroxylation sites is 1. The van der Waals surface area contributed by atoms with Crippen LogP contribution in [0.3, 0.4) is 0 Å². The maximum Gasteiger partial charge on any atom is 0.140 e. The fraction of sp³-hybridized carbons (Fsp3) is 0.308. The molecule has 0 bridgehead atoms. The van der Waals surface area contributed by atoms with Gasteiger partial charge in [-0.25, -0.2) is 4.98 Å². The number of rotatable bonds is 1. The first kappa shape index (κ1) is 10.5. The fourth-order valence-corrected chi connectivity index (χ4v) is 2.10. The van der Waals surface area contributed by atoms with Gasteiger partial charge >= 0.3 is 0 Å². The lowest BCUT2D eigenvalue weighted by molar-refractivity contribution is 0.0237. The number of pyridine rings is 1. The third-order valence-corrected chi connectivity index (χ3v) is 2.96. The van der Waals surface area contributed by atoms with E-state index >= 15 is 0 Å². The molecule has 4 nitrogen and oxygen atoms in total. The molecule has 1 saturated heterocycles. The second-order valence-corrected chi connectivity index (χ2v) is 4.15. The molecule has 17 heavy (non-hydrogen) atoms. The van der Waals surface area contributed by atoms with E-state index in [-0.39, 0.29) is 11.9 Å². The van der Waals surface area contributed by atoms with Gasteiger partial charge in [0.05, 0.1) is 12.1 Å². The first-order chi connectivity index (χ1) is 8.34. The Bertz CT molecular complexity index is 536. The van der Waals surface area contributed by atoms with Gasteiger partial charge in [0.15, 0.2) is 0 Å². The molecule has 2 aromatic rings. The van der Waals surface area contributed by atoms with E-state index in [1.54, 1.807) is 6.07 Å². The molecule has 4 heteroatoms. The van der Waals surface area contributed by atoms with Gasteiger partial charge in [-0.3, -0.25) is 0 Å². The molecule has 0 radical (unpaired) electrons. The lowest BCUT2D eigenvalue weighted by atomic mass is 10.1. The van der Waals surface area contributed by atoms with Gasteiger partial charge in [-0.15, -0.1) is 0 Å². The van der Waals surface area contributed by atoms with Crippen LogP contribution in [0.5, 0.6) is 5.75 Å². The Hall–Kier alpha value is -1.65. The Morgan fingerprint density at radius 1 is 1.35 bits per heavy atom. The molecule has 1 aliphatic rings. The standard InChI is InChI=1S/C13H14N2O2/c16-11-7-9-3-1-2-4-10(9)15-13(11)12-8-14-5-6-17-12/h1-4,7,12,14,16H,5-6,8H2. The predicted molar refractivity (Wildman–Crippen MR) is 65.0 cm³/mol. The van der Waals surface area contributed by atoms with Crippen molar-refractivity contribution >= 4 is 10.9 Å². The molecule has 2 heterocycles. The van der Waals surface area contributed by atoms with Gasteiger partial charge in [0, 0.05) is 18.5 Å². The van der Waals surface area contributed by atoms with Crippen LogP contribution in [0, 0.1) is 0 Å². The summed E-state index contributed by atoms with van der Waals surface area (Å²) in [6, 6.07) is 9.49. The molecule has 2 N–H and O–H groups in total.